The van der Waals surface area contributed by atoms with Crippen LogP contribution in [-0.2, 0) is 0 Å². The Morgan fingerprint density at radius 1 is 1.07 bits per heavy atom. The van der Waals surface area contributed by atoms with Crippen molar-refractivity contribution in [3.8, 4) is 22.8 Å². The maximum absolute atomic E-state index is 13.7. The lowest BCUT2D eigenvalue weighted by atomic mass is 9.76. The molecule has 2 heterocycles. The van der Waals surface area contributed by atoms with Crippen molar-refractivity contribution in [2.24, 2.45) is 0 Å². The molecule has 6 nitrogen and oxygen atoms in total. The van der Waals surface area contributed by atoms with E-state index in [1.165, 1.54) is 18.5 Å². The summed E-state index contributed by atoms with van der Waals surface area (Å²) in [5.41, 5.74) is -0.498. The summed E-state index contributed by atoms with van der Waals surface area (Å²) < 4.78 is 38.0. The fraction of sp³-hybridized carbons (Fsp3) is 0.105. The van der Waals surface area contributed by atoms with Crippen molar-refractivity contribution in [1.29, 1.82) is 0 Å². The fourth-order valence-corrected chi connectivity index (χ4v) is 2.89. The van der Waals surface area contributed by atoms with Crippen LogP contribution in [0.25, 0.3) is 11.3 Å². The van der Waals surface area contributed by atoms with Gasteiger partial charge in [-0.1, -0.05) is 6.07 Å². The third-order valence-electron chi connectivity index (χ3n) is 4.19. The predicted octanol–water partition coefficient (Wildman–Crippen LogP) is 2.70. The summed E-state index contributed by atoms with van der Waals surface area (Å²) in [6, 6.07) is 6.51. The Labute approximate surface area is 167 Å². The van der Waals surface area contributed by atoms with Gasteiger partial charge in [0, 0.05) is 5.56 Å². The van der Waals surface area contributed by atoms with Crippen LogP contribution in [0.5, 0.6) is 11.5 Å². The second-order valence-electron chi connectivity index (χ2n) is 6.38. The Morgan fingerprint density at radius 2 is 1.72 bits per heavy atom. The molecule has 140 valence electrons. The number of anilines is 1. The van der Waals surface area contributed by atoms with E-state index in [1.807, 2.05) is 6.92 Å². The Hall–Kier alpha value is -3.42. The van der Waals surface area contributed by atoms with Crippen LogP contribution in [0.4, 0.5) is 14.6 Å². The number of nitrogens with zero attached hydrogens (tertiary/aromatic N) is 2. The molecule has 2 aromatic carbocycles. The van der Waals surface area contributed by atoms with Gasteiger partial charge in [-0.15, -0.1) is 0 Å². The molecule has 10 heteroatoms. The van der Waals surface area contributed by atoms with Gasteiger partial charge in [-0.25, -0.2) is 13.8 Å². The number of aromatic nitrogens is 2. The number of rotatable bonds is 3. The van der Waals surface area contributed by atoms with Crippen molar-refractivity contribution >= 4 is 27.4 Å². The number of fused-ring (bicyclic) bond motifs is 1. The molecule has 0 saturated carbocycles. The standard InChI is InChI=1S/C19H11B2F2N3O3/c1-9-5-14-15(29-19(20,21)28-14)6-10(9)13-7-25-16(8-24-13)26-18(27)17-11(22)3-2-4-12(17)23/h2-8H,1H3,(H,25,26,27). The minimum atomic E-state index is -1.74. The lowest BCUT2D eigenvalue weighted by Gasteiger charge is -2.18. The molecule has 0 saturated heterocycles. The maximum atomic E-state index is 13.7. The highest BCUT2D eigenvalue weighted by atomic mass is 19.1. The molecule has 1 N–H and O–H groups in total. The molecule has 1 amide bonds. The maximum Gasteiger partial charge on any atom is 0.262 e. The molecule has 1 aromatic heterocycles. The number of ether oxygens (including phenoxy) is 2. The first-order valence-electron chi connectivity index (χ1n) is 8.42. The normalized spacial score (nSPS) is 13.9. The Morgan fingerprint density at radius 3 is 2.34 bits per heavy atom. The third-order valence-corrected chi connectivity index (χ3v) is 4.19. The molecule has 0 bridgehead atoms. The monoisotopic (exact) mass is 389 g/mol. The molecule has 0 atom stereocenters. The molecule has 0 aliphatic carbocycles. The zero-order valence-corrected chi connectivity index (χ0v) is 15.1. The number of carbonyl (C=O) groups excluding carboxylic acids is 1. The van der Waals surface area contributed by atoms with Gasteiger partial charge in [0.25, 0.3) is 5.91 Å². The summed E-state index contributed by atoms with van der Waals surface area (Å²) in [7, 11) is 11.2. The van der Waals surface area contributed by atoms with Crippen molar-refractivity contribution in [2.75, 3.05) is 5.32 Å². The first kappa shape index (κ1) is 18.9. The number of nitrogens with one attached hydrogen (secondary N) is 1. The molecule has 1 aliphatic rings. The minimum absolute atomic E-state index is 0.0303. The van der Waals surface area contributed by atoms with Crippen molar-refractivity contribution in [2.45, 2.75) is 12.5 Å². The van der Waals surface area contributed by atoms with E-state index in [4.69, 9.17) is 25.2 Å². The number of benzene rings is 2. The molecule has 29 heavy (non-hydrogen) atoms. The zero-order chi connectivity index (χ0) is 20.8. The van der Waals surface area contributed by atoms with E-state index in [-0.39, 0.29) is 5.82 Å². The largest absolute Gasteiger partial charge is 0.468 e. The van der Waals surface area contributed by atoms with E-state index in [9.17, 15) is 13.6 Å². The van der Waals surface area contributed by atoms with Crippen LogP contribution in [0.1, 0.15) is 15.9 Å². The van der Waals surface area contributed by atoms with E-state index in [0.29, 0.717) is 22.8 Å². The fourth-order valence-electron chi connectivity index (χ4n) is 2.89. The van der Waals surface area contributed by atoms with E-state index in [1.54, 1.807) is 12.1 Å². The van der Waals surface area contributed by atoms with E-state index >= 15 is 0 Å². The van der Waals surface area contributed by atoms with Crippen LogP contribution in [-0.4, -0.2) is 37.2 Å². The van der Waals surface area contributed by atoms with Gasteiger partial charge in [-0.3, -0.25) is 9.78 Å². The minimum Gasteiger partial charge on any atom is -0.468 e. The summed E-state index contributed by atoms with van der Waals surface area (Å²) in [5.74, 6) is -2.13. The van der Waals surface area contributed by atoms with Gasteiger partial charge in [0.2, 0.25) is 0 Å². The number of hydrogen-bond acceptors (Lipinski definition) is 5. The van der Waals surface area contributed by atoms with Gasteiger partial charge in [0.15, 0.2) is 38.6 Å². The van der Waals surface area contributed by atoms with Crippen molar-refractivity contribution in [1.82, 2.24) is 9.97 Å². The van der Waals surface area contributed by atoms with E-state index in [0.717, 1.165) is 17.7 Å². The molecule has 3 aromatic rings. The number of amides is 1. The quantitative estimate of drug-likeness (QED) is 0.698. The highest BCUT2D eigenvalue weighted by Crippen LogP contribution is 2.41. The average Bonchev–Trinajstić information content (AvgIpc) is 2.94. The zero-order valence-electron chi connectivity index (χ0n) is 15.1. The number of halogens is 2. The summed E-state index contributed by atoms with van der Waals surface area (Å²) in [6.07, 6.45) is 2.67. The molecule has 0 fully saturated rings. The van der Waals surface area contributed by atoms with Gasteiger partial charge < -0.3 is 14.8 Å². The summed E-state index contributed by atoms with van der Waals surface area (Å²) in [6.45, 7) is 1.82. The van der Waals surface area contributed by atoms with Crippen molar-refractivity contribution in [3.05, 3.63) is 65.5 Å². The summed E-state index contributed by atoms with van der Waals surface area (Å²) >= 11 is 0. The van der Waals surface area contributed by atoms with Crippen LogP contribution < -0.4 is 14.8 Å². The molecule has 0 unspecified atom stereocenters. The van der Waals surface area contributed by atoms with Crippen LogP contribution in [0.2, 0.25) is 0 Å². The first-order chi connectivity index (χ1) is 13.7. The Bertz CT molecular complexity index is 1100. The predicted molar refractivity (Wildman–Crippen MR) is 102 cm³/mol. The highest BCUT2D eigenvalue weighted by Gasteiger charge is 2.31. The van der Waals surface area contributed by atoms with Crippen LogP contribution >= 0.6 is 0 Å². The SMILES string of the molecule is [B]C1([B])Oc2cc(C)c(-c3cnc(NC(=O)c4c(F)cccc4F)cn3)cc2O1. The van der Waals surface area contributed by atoms with E-state index in [2.05, 4.69) is 15.3 Å². The topological polar surface area (TPSA) is 73.3 Å². The smallest absolute Gasteiger partial charge is 0.262 e. The number of aryl methyl sites for hydroxylation is 1. The molecule has 1 aliphatic heterocycles. The van der Waals surface area contributed by atoms with Gasteiger partial charge in [0.05, 0.1) is 18.1 Å². The van der Waals surface area contributed by atoms with Crippen LogP contribution in [0.15, 0.2) is 42.7 Å². The molecule has 4 radical (unpaired) electrons. The average molecular weight is 389 g/mol. The number of hydrogen-bond donors (Lipinski definition) is 1. The molecular formula is C19H11B2F2N3O3. The highest BCUT2D eigenvalue weighted by molar-refractivity contribution is 6.38. The third kappa shape index (κ3) is 3.65. The Kier molecular flexibility index (Phi) is 4.49. The summed E-state index contributed by atoms with van der Waals surface area (Å²) in [5, 5.41) is 2.32. The number of carbonyl (C=O) groups is 1. The lowest BCUT2D eigenvalue weighted by Crippen LogP contribution is -2.39. The van der Waals surface area contributed by atoms with Gasteiger partial charge in [-0.05, 0) is 36.8 Å². The lowest BCUT2D eigenvalue weighted by molar-refractivity contribution is 0.0833. The van der Waals surface area contributed by atoms with Gasteiger partial charge in [0.1, 0.15) is 17.2 Å². The second-order valence-corrected chi connectivity index (χ2v) is 6.38. The van der Waals surface area contributed by atoms with Crippen LogP contribution in [0.3, 0.4) is 0 Å². The van der Waals surface area contributed by atoms with E-state index < -0.39 is 28.7 Å². The van der Waals surface area contributed by atoms with Gasteiger partial charge in [-0.2, -0.15) is 0 Å². The van der Waals surface area contributed by atoms with Crippen LogP contribution in [0, 0.1) is 18.6 Å². The van der Waals surface area contributed by atoms with Gasteiger partial charge >= 0.3 is 0 Å². The van der Waals surface area contributed by atoms with Crippen molar-refractivity contribution < 1.29 is 23.0 Å². The molecular weight excluding hydrogens is 378 g/mol. The molecule has 4 rings (SSSR count). The Balaban J connectivity index is 1.57. The first-order valence-corrected chi connectivity index (χ1v) is 8.42. The molecule has 0 spiro atoms. The van der Waals surface area contributed by atoms with Crippen molar-refractivity contribution in [3.63, 3.8) is 0 Å². The summed E-state index contributed by atoms with van der Waals surface area (Å²) in [4.78, 5) is 20.5. The second kappa shape index (κ2) is 6.88.